The monoisotopic (exact) mass is 409 g/mol. The van der Waals surface area contributed by atoms with Crippen LogP contribution in [-0.2, 0) is 4.74 Å². The van der Waals surface area contributed by atoms with Crippen molar-refractivity contribution in [3.63, 3.8) is 0 Å². The zero-order valence-corrected chi connectivity index (χ0v) is 16.5. The Balaban J connectivity index is 1.22. The average molecular weight is 409 g/mol. The molecule has 0 atom stereocenters. The fourth-order valence-corrected chi connectivity index (χ4v) is 3.25. The number of rotatable bonds is 4. The molecule has 0 bridgehead atoms. The van der Waals surface area contributed by atoms with Crippen LogP contribution in [0.1, 0.15) is 12.8 Å². The molecule has 0 unspecified atom stereocenters. The molecular formula is C22H23N3O5. The number of carbonyl (C=O) groups is 2. The van der Waals surface area contributed by atoms with Crippen molar-refractivity contribution in [1.29, 1.82) is 0 Å². The van der Waals surface area contributed by atoms with Gasteiger partial charge < -0.3 is 19.1 Å². The Bertz CT molecular complexity index is 893. The normalized spacial score (nSPS) is 16.4. The van der Waals surface area contributed by atoms with E-state index in [1.54, 1.807) is 29.2 Å². The van der Waals surface area contributed by atoms with E-state index in [0.717, 1.165) is 5.75 Å². The first-order valence-corrected chi connectivity index (χ1v) is 9.94. The third-order valence-electron chi connectivity index (χ3n) is 4.90. The quantitative estimate of drug-likeness (QED) is 0.765. The molecule has 2 aliphatic heterocycles. The van der Waals surface area contributed by atoms with Crippen molar-refractivity contribution in [2.45, 2.75) is 18.9 Å². The zero-order chi connectivity index (χ0) is 20.8. The molecule has 30 heavy (non-hydrogen) atoms. The van der Waals surface area contributed by atoms with Gasteiger partial charge in [0, 0.05) is 32.5 Å². The first kappa shape index (κ1) is 19.8. The van der Waals surface area contributed by atoms with E-state index in [2.05, 4.69) is 4.99 Å². The molecule has 0 aliphatic carbocycles. The number of piperidine rings is 1. The third-order valence-corrected chi connectivity index (χ3v) is 4.90. The van der Waals surface area contributed by atoms with Gasteiger partial charge in [-0.15, -0.1) is 0 Å². The highest BCUT2D eigenvalue weighted by Crippen LogP contribution is 2.24. The maximum absolute atomic E-state index is 12.4. The van der Waals surface area contributed by atoms with E-state index in [-0.39, 0.29) is 12.2 Å². The van der Waals surface area contributed by atoms with Gasteiger partial charge in [0.2, 0.25) is 0 Å². The van der Waals surface area contributed by atoms with Crippen molar-refractivity contribution >= 4 is 18.5 Å². The lowest BCUT2D eigenvalue weighted by Crippen LogP contribution is -2.43. The lowest BCUT2D eigenvalue weighted by atomic mass is 10.1. The summed E-state index contributed by atoms with van der Waals surface area (Å²) in [6.45, 7) is 2.11. The first-order valence-electron chi connectivity index (χ1n) is 9.94. The molecule has 8 nitrogen and oxygen atoms in total. The highest BCUT2D eigenvalue weighted by molar-refractivity contribution is 5.83. The van der Waals surface area contributed by atoms with E-state index in [9.17, 15) is 9.59 Å². The average Bonchev–Trinajstić information content (AvgIpc) is 3.32. The van der Waals surface area contributed by atoms with Gasteiger partial charge >= 0.3 is 12.2 Å². The number of likely N-dealkylation sites (tertiary alicyclic amines) is 1. The molecule has 2 amide bonds. The molecule has 1 saturated heterocycles. The Morgan fingerprint density at radius 1 is 0.833 bits per heavy atom. The van der Waals surface area contributed by atoms with Crippen LogP contribution in [0.2, 0.25) is 0 Å². The number of aliphatic imine (C=N–C) groups is 1. The van der Waals surface area contributed by atoms with Crippen LogP contribution in [0.4, 0.5) is 9.59 Å². The second-order valence-corrected chi connectivity index (χ2v) is 7.04. The first-order chi connectivity index (χ1) is 14.7. The van der Waals surface area contributed by atoms with Crippen LogP contribution in [0.15, 0.2) is 59.6 Å². The second-order valence-electron chi connectivity index (χ2n) is 7.04. The fraction of sp³-hybridized carbons (Fsp3) is 0.318. The molecule has 0 aromatic heterocycles. The van der Waals surface area contributed by atoms with Gasteiger partial charge in [0.25, 0.3) is 0 Å². The molecule has 0 saturated carbocycles. The molecular weight excluding hydrogens is 386 g/mol. The number of amides is 2. The van der Waals surface area contributed by atoms with Gasteiger partial charge in [-0.25, -0.2) is 9.59 Å². The SMILES string of the molecule is O=C(OC1CCN(C(=O)Oc2ccc(Oc3ccccc3)cc2)CC1)N1C=NCC1. The molecule has 0 N–H and O–H groups in total. The third kappa shape index (κ3) is 5.08. The van der Waals surface area contributed by atoms with Crippen molar-refractivity contribution in [3.8, 4) is 17.2 Å². The molecule has 2 aromatic carbocycles. The van der Waals surface area contributed by atoms with Crippen molar-refractivity contribution in [1.82, 2.24) is 9.80 Å². The summed E-state index contributed by atoms with van der Waals surface area (Å²) >= 11 is 0. The summed E-state index contributed by atoms with van der Waals surface area (Å²) in [4.78, 5) is 31.5. The molecule has 2 aromatic rings. The predicted octanol–water partition coefficient (Wildman–Crippen LogP) is 3.92. The second kappa shape index (κ2) is 9.30. The number of benzene rings is 2. The molecule has 1 fully saturated rings. The van der Waals surface area contributed by atoms with Crippen LogP contribution in [0.25, 0.3) is 0 Å². The van der Waals surface area contributed by atoms with E-state index in [4.69, 9.17) is 14.2 Å². The number of ether oxygens (including phenoxy) is 3. The van der Waals surface area contributed by atoms with Crippen LogP contribution in [0.5, 0.6) is 17.2 Å². The van der Waals surface area contributed by atoms with E-state index >= 15 is 0 Å². The summed E-state index contributed by atoms with van der Waals surface area (Å²) in [5, 5.41) is 0. The molecule has 2 heterocycles. The minimum absolute atomic E-state index is 0.204. The summed E-state index contributed by atoms with van der Waals surface area (Å²) in [5.41, 5.74) is 0. The van der Waals surface area contributed by atoms with Crippen LogP contribution in [0, 0.1) is 0 Å². The van der Waals surface area contributed by atoms with Gasteiger partial charge in [-0.05, 0) is 36.4 Å². The minimum atomic E-state index is -0.414. The molecule has 156 valence electrons. The van der Waals surface area contributed by atoms with Crippen molar-refractivity contribution in [2.24, 2.45) is 4.99 Å². The summed E-state index contributed by atoms with van der Waals surface area (Å²) in [6.07, 6.45) is 1.67. The standard InChI is InChI=1S/C22H23N3O5/c26-21(24-13-10-20(11-14-24)30-22(27)25-15-12-23-16-25)29-19-8-6-18(7-9-19)28-17-4-2-1-3-5-17/h1-9,16,20H,10-15H2. The summed E-state index contributed by atoms with van der Waals surface area (Å²) in [6, 6.07) is 16.4. The van der Waals surface area contributed by atoms with Crippen LogP contribution in [0.3, 0.4) is 0 Å². The van der Waals surface area contributed by atoms with E-state index in [0.29, 0.717) is 50.5 Å². The fourth-order valence-electron chi connectivity index (χ4n) is 3.25. The van der Waals surface area contributed by atoms with Gasteiger partial charge in [-0.2, -0.15) is 0 Å². The molecule has 0 radical (unpaired) electrons. The predicted molar refractivity (Wildman–Crippen MR) is 110 cm³/mol. The van der Waals surface area contributed by atoms with Crippen molar-refractivity contribution < 1.29 is 23.8 Å². The number of para-hydroxylation sites is 1. The molecule has 2 aliphatic rings. The topological polar surface area (TPSA) is 80.7 Å². The molecule has 0 spiro atoms. The van der Waals surface area contributed by atoms with Crippen molar-refractivity contribution in [3.05, 3.63) is 54.6 Å². The molecule has 8 heteroatoms. The Morgan fingerprint density at radius 3 is 2.17 bits per heavy atom. The lowest BCUT2D eigenvalue weighted by Gasteiger charge is -2.31. The zero-order valence-electron chi connectivity index (χ0n) is 16.5. The van der Waals surface area contributed by atoms with Crippen LogP contribution < -0.4 is 9.47 Å². The summed E-state index contributed by atoms with van der Waals surface area (Å²) in [5.74, 6) is 1.84. The number of nitrogens with zero attached hydrogens (tertiary/aromatic N) is 3. The van der Waals surface area contributed by atoms with Gasteiger partial charge in [0.1, 0.15) is 23.4 Å². The van der Waals surface area contributed by atoms with Gasteiger partial charge in [-0.1, -0.05) is 18.2 Å². The molecule has 4 rings (SSSR count). The number of hydrogen-bond acceptors (Lipinski definition) is 6. The highest BCUT2D eigenvalue weighted by atomic mass is 16.6. The minimum Gasteiger partial charge on any atom is -0.457 e. The Kier molecular flexibility index (Phi) is 6.12. The van der Waals surface area contributed by atoms with Crippen molar-refractivity contribution in [2.75, 3.05) is 26.2 Å². The van der Waals surface area contributed by atoms with Gasteiger partial charge in [-0.3, -0.25) is 9.89 Å². The van der Waals surface area contributed by atoms with E-state index < -0.39 is 6.09 Å². The smallest absolute Gasteiger partial charge is 0.415 e. The van der Waals surface area contributed by atoms with Gasteiger partial charge in [0.05, 0.1) is 12.9 Å². The Hall–Kier alpha value is -3.55. The summed E-state index contributed by atoms with van der Waals surface area (Å²) < 4.78 is 16.7. The summed E-state index contributed by atoms with van der Waals surface area (Å²) in [7, 11) is 0. The van der Waals surface area contributed by atoms with E-state index in [1.807, 2.05) is 30.3 Å². The lowest BCUT2D eigenvalue weighted by molar-refractivity contribution is 0.0423. The van der Waals surface area contributed by atoms with E-state index in [1.165, 1.54) is 11.2 Å². The van der Waals surface area contributed by atoms with Crippen LogP contribution in [-0.4, -0.2) is 60.6 Å². The Morgan fingerprint density at radius 2 is 1.50 bits per heavy atom. The maximum atomic E-state index is 12.4. The number of hydrogen-bond donors (Lipinski definition) is 0. The largest absolute Gasteiger partial charge is 0.457 e. The van der Waals surface area contributed by atoms with Crippen LogP contribution >= 0.6 is 0 Å². The Labute approximate surface area is 174 Å². The highest BCUT2D eigenvalue weighted by Gasteiger charge is 2.28. The van der Waals surface area contributed by atoms with Gasteiger partial charge in [0.15, 0.2) is 0 Å². The number of carbonyl (C=O) groups excluding carboxylic acids is 2. The maximum Gasteiger partial charge on any atom is 0.415 e.